The number of carbonyl (C=O) groups is 3. The van der Waals surface area contributed by atoms with Crippen LogP contribution in [0.1, 0.15) is 27.7 Å². The van der Waals surface area contributed by atoms with E-state index in [4.69, 9.17) is 14.2 Å². The van der Waals surface area contributed by atoms with Crippen molar-refractivity contribution in [2.45, 2.75) is 47.3 Å². The lowest BCUT2D eigenvalue weighted by atomic mass is 10.2. The van der Waals surface area contributed by atoms with Crippen LogP contribution in [0.15, 0.2) is 38.7 Å². The Morgan fingerprint density at radius 2 is 1.00 bits per heavy atom. The van der Waals surface area contributed by atoms with E-state index in [9.17, 15) is 28.8 Å². The first-order valence-electron chi connectivity index (χ1n) is 10.1. The van der Waals surface area contributed by atoms with E-state index in [1.54, 1.807) is 13.8 Å². The Kier molecular flexibility index (Phi) is 10.2. The van der Waals surface area contributed by atoms with Crippen LogP contribution in [-0.2, 0) is 48.2 Å². The van der Waals surface area contributed by atoms with E-state index in [0.29, 0.717) is 9.13 Å². The van der Waals surface area contributed by atoms with Gasteiger partial charge in [0.1, 0.15) is 19.8 Å². The van der Waals surface area contributed by atoms with Crippen LogP contribution >= 0.6 is 0 Å². The zero-order valence-corrected chi connectivity index (χ0v) is 19.3. The monoisotopic (exact) mass is 467 g/mol. The second-order valence-electron chi connectivity index (χ2n) is 7.46. The molecule has 0 N–H and O–H groups in total. The summed E-state index contributed by atoms with van der Waals surface area (Å²) in [7, 11) is 0. The molecule has 1 heterocycles. The number of esters is 3. The van der Waals surface area contributed by atoms with E-state index in [1.807, 2.05) is 0 Å². The molecule has 0 radical (unpaired) electrons. The highest BCUT2D eigenvalue weighted by Gasteiger charge is 2.17. The molecule has 0 bridgehead atoms. The molecule has 0 aliphatic rings. The van der Waals surface area contributed by atoms with Gasteiger partial charge in [0.05, 0.1) is 25.6 Å². The third-order valence-electron chi connectivity index (χ3n) is 4.21. The molecular formula is C21H29N3O9. The van der Waals surface area contributed by atoms with Crippen LogP contribution in [-0.4, -0.2) is 51.4 Å². The molecule has 33 heavy (non-hydrogen) atoms. The molecule has 0 fully saturated rings. The maximum atomic E-state index is 12.8. The molecule has 0 saturated carbocycles. The summed E-state index contributed by atoms with van der Waals surface area (Å²) in [6.45, 7) is 11.1. The Bertz CT molecular complexity index is 1040. The van der Waals surface area contributed by atoms with Crippen LogP contribution < -0.4 is 17.1 Å². The molecule has 0 aliphatic heterocycles. The number of hydrogen-bond acceptors (Lipinski definition) is 9. The Hall–Kier alpha value is -3.70. The number of hydrogen-bond donors (Lipinski definition) is 0. The van der Waals surface area contributed by atoms with Crippen LogP contribution in [0.3, 0.4) is 0 Å². The topological polar surface area (TPSA) is 145 Å². The highest BCUT2D eigenvalue weighted by atomic mass is 16.5. The summed E-state index contributed by atoms with van der Waals surface area (Å²) in [6.07, 6.45) is 0. The van der Waals surface area contributed by atoms with Gasteiger partial charge >= 0.3 is 35.0 Å². The minimum absolute atomic E-state index is 0.135. The van der Waals surface area contributed by atoms with Gasteiger partial charge < -0.3 is 14.2 Å². The number of nitrogens with zero attached hydrogens (tertiary/aromatic N) is 3. The van der Waals surface area contributed by atoms with Crippen molar-refractivity contribution in [1.82, 2.24) is 13.7 Å². The molecular weight excluding hydrogens is 438 g/mol. The third kappa shape index (κ3) is 7.74. The van der Waals surface area contributed by atoms with Crippen molar-refractivity contribution in [2.24, 2.45) is 5.92 Å². The SMILES string of the molecule is C=C(C)C(=O)OCCn1c(=O)n(CCOC(=O)C(=C)C)c(=O)n(CCOC(=O)C(C)C)c1=O. The van der Waals surface area contributed by atoms with Crippen molar-refractivity contribution in [3.63, 3.8) is 0 Å². The minimum atomic E-state index is -0.974. The van der Waals surface area contributed by atoms with Crippen LogP contribution in [0.4, 0.5) is 0 Å². The molecule has 12 heteroatoms. The van der Waals surface area contributed by atoms with Gasteiger partial charge in [0.2, 0.25) is 0 Å². The van der Waals surface area contributed by atoms with Gasteiger partial charge in [0, 0.05) is 11.1 Å². The fraction of sp³-hybridized carbons (Fsp3) is 0.524. The molecule has 0 atom stereocenters. The van der Waals surface area contributed by atoms with E-state index in [1.165, 1.54) is 13.8 Å². The fourth-order valence-electron chi connectivity index (χ4n) is 2.37. The molecule has 0 saturated heterocycles. The zero-order chi connectivity index (χ0) is 25.3. The van der Waals surface area contributed by atoms with Crippen LogP contribution in [0.2, 0.25) is 0 Å². The summed E-state index contributed by atoms with van der Waals surface area (Å²) in [5.41, 5.74) is -2.63. The summed E-state index contributed by atoms with van der Waals surface area (Å²) in [5, 5.41) is 0. The van der Waals surface area contributed by atoms with Gasteiger partial charge in [-0.3, -0.25) is 4.79 Å². The van der Waals surface area contributed by atoms with Gasteiger partial charge in [-0.05, 0) is 13.8 Å². The lowest BCUT2D eigenvalue weighted by molar-refractivity contribution is -0.147. The fourth-order valence-corrected chi connectivity index (χ4v) is 2.37. The number of rotatable bonds is 12. The largest absolute Gasteiger partial charge is 0.464 e. The van der Waals surface area contributed by atoms with Gasteiger partial charge in [-0.15, -0.1) is 0 Å². The zero-order valence-electron chi connectivity index (χ0n) is 19.3. The average molecular weight is 467 g/mol. The summed E-state index contributed by atoms with van der Waals surface area (Å²) < 4.78 is 17.0. The maximum Gasteiger partial charge on any atom is 0.336 e. The van der Waals surface area contributed by atoms with E-state index < -0.39 is 40.9 Å². The molecule has 0 amide bonds. The maximum absolute atomic E-state index is 12.8. The normalized spacial score (nSPS) is 10.6. The molecule has 1 aromatic rings. The Morgan fingerprint density at radius 1 is 0.697 bits per heavy atom. The Morgan fingerprint density at radius 3 is 1.27 bits per heavy atom. The van der Waals surface area contributed by atoms with E-state index >= 15 is 0 Å². The molecule has 0 aliphatic carbocycles. The first kappa shape index (κ1) is 27.3. The van der Waals surface area contributed by atoms with Gasteiger partial charge in [-0.2, -0.15) is 0 Å². The standard InChI is InChI=1S/C21H29N3O9/c1-13(2)16(25)31-10-7-22-19(28)23(8-11-32-17(26)14(3)4)21(30)24(20(22)29)9-12-33-18(27)15(5)6/h15H,1,3,7-12H2,2,4-6H3. The second kappa shape index (κ2) is 12.4. The summed E-state index contributed by atoms with van der Waals surface area (Å²) in [4.78, 5) is 73.1. The molecule has 182 valence electrons. The third-order valence-corrected chi connectivity index (χ3v) is 4.21. The van der Waals surface area contributed by atoms with Crippen molar-refractivity contribution >= 4 is 17.9 Å². The highest BCUT2D eigenvalue weighted by Crippen LogP contribution is 1.96. The van der Waals surface area contributed by atoms with Crippen molar-refractivity contribution in [3.05, 3.63) is 55.8 Å². The Balaban J connectivity index is 3.23. The molecule has 12 nitrogen and oxygen atoms in total. The van der Waals surface area contributed by atoms with Gasteiger partial charge in [0.15, 0.2) is 0 Å². The van der Waals surface area contributed by atoms with Crippen LogP contribution in [0.25, 0.3) is 0 Å². The van der Waals surface area contributed by atoms with Crippen LogP contribution in [0, 0.1) is 5.92 Å². The average Bonchev–Trinajstić information content (AvgIpc) is 2.74. The number of aromatic nitrogens is 3. The summed E-state index contributed by atoms with van der Waals surface area (Å²) >= 11 is 0. The predicted molar refractivity (Wildman–Crippen MR) is 117 cm³/mol. The predicted octanol–water partition coefficient (Wildman–Crippen LogP) is -0.390. The quantitative estimate of drug-likeness (QED) is 0.228. The molecule has 1 aromatic heterocycles. The van der Waals surface area contributed by atoms with E-state index in [0.717, 1.165) is 4.57 Å². The number of carbonyl (C=O) groups excluding carboxylic acids is 3. The van der Waals surface area contributed by atoms with Crippen molar-refractivity contribution in [1.29, 1.82) is 0 Å². The lowest BCUT2D eigenvalue weighted by Gasteiger charge is -2.15. The van der Waals surface area contributed by atoms with Gasteiger partial charge in [-0.1, -0.05) is 27.0 Å². The van der Waals surface area contributed by atoms with Crippen molar-refractivity contribution < 1.29 is 28.6 Å². The second-order valence-corrected chi connectivity index (χ2v) is 7.46. The molecule has 0 unspecified atom stereocenters. The molecule has 0 aromatic carbocycles. The molecule has 1 rings (SSSR count). The number of ether oxygens (including phenoxy) is 3. The first-order valence-corrected chi connectivity index (χ1v) is 10.1. The van der Waals surface area contributed by atoms with Gasteiger partial charge in [0.25, 0.3) is 0 Å². The van der Waals surface area contributed by atoms with Crippen molar-refractivity contribution in [3.8, 4) is 0 Å². The highest BCUT2D eigenvalue weighted by molar-refractivity contribution is 5.87. The lowest BCUT2D eigenvalue weighted by Crippen LogP contribution is -2.55. The minimum Gasteiger partial charge on any atom is -0.464 e. The molecule has 0 spiro atoms. The smallest absolute Gasteiger partial charge is 0.336 e. The van der Waals surface area contributed by atoms with Crippen LogP contribution in [0.5, 0.6) is 0 Å². The van der Waals surface area contributed by atoms with Crippen molar-refractivity contribution in [2.75, 3.05) is 19.8 Å². The summed E-state index contributed by atoms with van der Waals surface area (Å²) in [5.74, 6) is -2.33. The van der Waals surface area contributed by atoms with Gasteiger partial charge in [-0.25, -0.2) is 37.7 Å². The summed E-state index contributed by atoms with van der Waals surface area (Å²) in [6, 6.07) is 0. The Labute approximate surface area is 189 Å². The first-order chi connectivity index (χ1) is 15.4. The van der Waals surface area contributed by atoms with E-state index in [2.05, 4.69) is 13.2 Å². The van der Waals surface area contributed by atoms with E-state index in [-0.39, 0.29) is 50.6 Å².